The molecule has 0 N–H and O–H groups in total. The van der Waals surface area contributed by atoms with Gasteiger partial charge < -0.3 is 9.80 Å². The Bertz CT molecular complexity index is 586. The average Bonchev–Trinajstić information content (AvgIpc) is 2.54. The lowest BCUT2D eigenvalue weighted by Gasteiger charge is -2.25. The van der Waals surface area contributed by atoms with E-state index < -0.39 is 18.5 Å². The number of nitrogens with zero attached hydrogens (tertiary/aromatic N) is 2. The van der Waals surface area contributed by atoms with Crippen molar-refractivity contribution in [1.82, 2.24) is 0 Å². The van der Waals surface area contributed by atoms with E-state index in [0.717, 1.165) is 4.90 Å². The van der Waals surface area contributed by atoms with Gasteiger partial charge in [-0.05, 0) is 18.1 Å². The molecule has 2 rings (SSSR count). The summed E-state index contributed by atoms with van der Waals surface area (Å²) in [6.07, 6.45) is -6.06. The second-order valence-corrected chi connectivity index (χ2v) is 5.52. The second-order valence-electron chi connectivity index (χ2n) is 5.52. The fourth-order valence-electron chi connectivity index (χ4n) is 2.60. The maximum atomic E-state index is 12.5. The lowest BCUT2D eigenvalue weighted by Crippen LogP contribution is -2.37. The molecule has 2 amide bonds. The summed E-state index contributed by atoms with van der Waals surface area (Å²) in [7, 11) is 0. The molecule has 1 aromatic carbocycles. The van der Waals surface area contributed by atoms with E-state index in [4.69, 9.17) is 0 Å². The topological polar surface area (TPSA) is 40.6 Å². The minimum absolute atomic E-state index is 0.131. The number of halogens is 3. The van der Waals surface area contributed by atoms with Gasteiger partial charge in [0.15, 0.2) is 0 Å². The van der Waals surface area contributed by atoms with Crippen molar-refractivity contribution in [3.8, 4) is 0 Å². The number of alkyl halides is 3. The third-order valence-electron chi connectivity index (χ3n) is 3.48. The van der Waals surface area contributed by atoms with Gasteiger partial charge in [0.25, 0.3) is 0 Å². The van der Waals surface area contributed by atoms with Crippen LogP contribution in [0.2, 0.25) is 0 Å². The first-order valence-electron chi connectivity index (χ1n) is 6.93. The standard InChI is InChI=1S/C15H17F3N2O2/c1-10-8-19(11(2)21)12-5-3-4-6-13(12)20(9-10)14(22)7-15(16,17)18/h3-6,10H,7-9H2,1-2H3. The molecular weight excluding hydrogens is 297 g/mol. The first-order valence-corrected chi connectivity index (χ1v) is 6.93. The molecule has 1 unspecified atom stereocenters. The Morgan fingerprint density at radius 2 is 1.64 bits per heavy atom. The summed E-state index contributed by atoms with van der Waals surface area (Å²) >= 11 is 0. The number of rotatable bonds is 1. The van der Waals surface area contributed by atoms with E-state index >= 15 is 0 Å². The van der Waals surface area contributed by atoms with Crippen molar-refractivity contribution in [1.29, 1.82) is 0 Å². The molecule has 4 nitrogen and oxygen atoms in total. The Labute approximate surface area is 126 Å². The number of para-hydroxylation sites is 2. The zero-order valence-electron chi connectivity index (χ0n) is 12.4. The molecule has 0 spiro atoms. The molecule has 7 heteroatoms. The van der Waals surface area contributed by atoms with Crippen LogP contribution in [0, 0.1) is 5.92 Å². The van der Waals surface area contributed by atoms with E-state index in [1.165, 1.54) is 11.8 Å². The zero-order chi connectivity index (χ0) is 16.5. The van der Waals surface area contributed by atoms with Crippen LogP contribution >= 0.6 is 0 Å². The van der Waals surface area contributed by atoms with Crippen LogP contribution in [0.1, 0.15) is 20.3 Å². The molecule has 120 valence electrons. The molecule has 0 radical (unpaired) electrons. The number of benzene rings is 1. The highest BCUT2D eigenvalue weighted by Crippen LogP contribution is 2.35. The van der Waals surface area contributed by atoms with Gasteiger partial charge in [-0.15, -0.1) is 0 Å². The highest BCUT2D eigenvalue weighted by molar-refractivity contribution is 6.02. The molecule has 1 aromatic rings. The van der Waals surface area contributed by atoms with Crippen LogP contribution in [-0.4, -0.2) is 31.1 Å². The molecule has 1 aliphatic heterocycles. The number of hydrogen-bond acceptors (Lipinski definition) is 2. The van der Waals surface area contributed by atoms with Gasteiger partial charge in [0.1, 0.15) is 6.42 Å². The van der Waals surface area contributed by atoms with Crippen molar-refractivity contribution < 1.29 is 22.8 Å². The fraction of sp³-hybridized carbons (Fsp3) is 0.467. The third kappa shape index (κ3) is 3.58. The minimum atomic E-state index is -4.55. The number of carbonyl (C=O) groups is 2. The van der Waals surface area contributed by atoms with Crippen molar-refractivity contribution in [2.75, 3.05) is 22.9 Å². The van der Waals surface area contributed by atoms with Gasteiger partial charge in [0.2, 0.25) is 11.8 Å². The van der Waals surface area contributed by atoms with Crippen molar-refractivity contribution in [3.63, 3.8) is 0 Å². The molecule has 0 saturated heterocycles. The van der Waals surface area contributed by atoms with Gasteiger partial charge in [-0.25, -0.2) is 0 Å². The quantitative estimate of drug-likeness (QED) is 0.799. The summed E-state index contributed by atoms with van der Waals surface area (Å²) in [6, 6.07) is 6.54. The minimum Gasteiger partial charge on any atom is -0.310 e. The first kappa shape index (κ1) is 16.3. The van der Waals surface area contributed by atoms with E-state index in [0.29, 0.717) is 17.9 Å². The summed E-state index contributed by atoms with van der Waals surface area (Å²) in [4.78, 5) is 26.5. The smallest absolute Gasteiger partial charge is 0.310 e. The Morgan fingerprint density at radius 3 is 2.14 bits per heavy atom. The number of hydrogen-bond donors (Lipinski definition) is 0. The lowest BCUT2D eigenvalue weighted by molar-refractivity contribution is -0.152. The Hall–Kier alpha value is -2.05. The average molecular weight is 314 g/mol. The normalized spacial score (nSPS) is 18.7. The van der Waals surface area contributed by atoms with Gasteiger partial charge in [-0.3, -0.25) is 9.59 Å². The molecule has 1 heterocycles. The highest BCUT2D eigenvalue weighted by atomic mass is 19.4. The molecule has 0 saturated carbocycles. The predicted octanol–water partition coefficient (Wildman–Crippen LogP) is 2.97. The van der Waals surface area contributed by atoms with E-state index in [1.807, 2.05) is 0 Å². The highest BCUT2D eigenvalue weighted by Gasteiger charge is 2.36. The fourth-order valence-corrected chi connectivity index (χ4v) is 2.60. The molecule has 1 atom stereocenters. The van der Waals surface area contributed by atoms with Crippen LogP contribution in [-0.2, 0) is 9.59 Å². The summed E-state index contributed by atoms with van der Waals surface area (Å²) < 4.78 is 37.6. The Kier molecular flexibility index (Phi) is 4.44. The third-order valence-corrected chi connectivity index (χ3v) is 3.48. The molecule has 0 bridgehead atoms. The SMILES string of the molecule is CC(=O)N1CC(C)CN(C(=O)CC(F)(F)F)c2ccccc21. The van der Waals surface area contributed by atoms with Gasteiger partial charge in [-0.1, -0.05) is 19.1 Å². The maximum absolute atomic E-state index is 12.5. The Balaban J connectivity index is 2.43. The second kappa shape index (κ2) is 5.98. The molecule has 0 fully saturated rings. The molecule has 22 heavy (non-hydrogen) atoms. The van der Waals surface area contributed by atoms with Crippen LogP contribution in [0.25, 0.3) is 0 Å². The van der Waals surface area contributed by atoms with Crippen molar-refractivity contribution in [2.45, 2.75) is 26.4 Å². The van der Waals surface area contributed by atoms with Gasteiger partial charge in [0.05, 0.1) is 11.4 Å². The van der Waals surface area contributed by atoms with Gasteiger partial charge >= 0.3 is 6.18 Å². The maximum Gasteiger partial charge on any atom is 0.397 e. The van der Waals surface area contributed by atoms with E-state index in [-0.39, 0.29) is 18.4 Å². The number of carbonyl (C=O) groups excluding carboxylic acids is 2. The van der Waals surface area contributed by atoms with Crippen LogP contribution in [0.5, 0.6) is 0 Å². The lowest BCUT2D eigenvalue weighted by atomic mass is 10.1. The van der Waals surface area contributed by atoms with E-state index in [2.05, 4.69) is 0 Å². The largest absolute Gasteiger partial charge is 0.397 e. The van der Waals surface area contributed by atoms with Crippen molar-refractivity contribution in [2.24, 2.45) is 5.92 Å². The number of anilines is 2. The summed E-state index contributed by atoms with van der Waals surface area (Å²) in [6.45, 7) is 3.71. The van der Waals surface area contributed by atoms with Crippen molar-refractivity contribution in [3.05, 3.63) is 24.3 Å². The van der Waals surface area contributed by atoms with E-state index in [1.54, 1.807) is 31.2 Å². The predicted molar refractivity (Wildman–Crippen MR) is 76.7 cm³/mol. The van der Waals surface area contributed by atoms with Crippen LogP contribution in [0.4, 0.5) is 24.5 Å². The number of fused-ring (bicyclic) bond motifs is 1. The molecule has 1 aliphatic rings. The molecular formula is C15H17F3N2O2. The summed E-state index contributed by atoms with van der Waals surface area (Å²) in [5.74, 6) is -1.34. The number of amides is 2. The first-order chi connectivity index (χ1) is 10.2. The summed E-state index contributed by atoms with van der Waals surface area (Å²) in [5.41, 5.74) is 0.811. The molecule has 0 aromatic heterocycles. The monoisotopic (exact) mass is 314 g/mol. The van der Waals surface area contributed by atoms with Crippen LogP contribution < -0.4 is 9.80 Å². The summed E-state index contributed by atoms with van der Waals surface area (Å²) in [5, 5.41) is 0. The van der Waals surface area contributed by atoms with Crippen LogP contribution in [0.15, 0.2) is 24.3 Å². The van der Waals surface area contributed by atoms with Gasteiger partial charge in [-0.2, -0.15) is 13.2 Å². The Morgan fingerprint density at radius 1 is 1.14 bits per heavy atom. The van der Waals surface area contributed by atoms with E-state index in [9.17, 15) is 22.8 Å². The van der Waals surface area contributed by atoms with Crippen LogP contribution in [0.3, 0.4) is 0 Å². The molecule has 0 aliphatic carbocycles. The zero-order valence-corrected chi connectivity index (χ0v) is 12.4. The van der Waals surface area contributed by atoms with Crippen molar-refractivity contribution >= 4 is 23.2 Å². The van der Waals surface area contributed by atoms with Gasteiger partial charge in [0, 0.05) is 20.0 Å².